The second kappa shape index (κ2) is 10.1. The van der Waals surface area contributed by atoms with Crippen LogP contribution < -0.4 is 20.1 Å². The first-order valence-electron chi connectivity index (χ1n) is 11.0. The fourth-order valence-electron chi connectivity index (χ4n) is 4.41. The van der Waals surface area contributed by atoms with E-state index in [1.807, 2.05) is 18.2 Å². The van der Waals surface area contributed by atoms with Crippen molar-refractivity contribution in [3.05, 3.63) is 23.8 Å². The lowest BCUT2D eigenvalue weighted by molar-refractivity contribution is -0.139. The molecule has 4 rings (SSSR count). The topological polar surface area (TPSA) is 89.1 Å². The van der Waals surface area contributed by atoms with Gasteiger partial charge in [-0.15, -0.1) is 0 Å². The number of amides is 2. The summed E-state index contributed by atoms with van der Waals surface area (Å²) in [4.78, 5) is 27.2. The van der Waals surface area contributed by atoms with Crippen LogP contribution in [-0.4, -0.2) is 62.4 Å². The van der Waals surface area contributed by atoms with Gasteiger partial charge >= 0.3 is 11.8 Å². The normalized spacial score (nSPS) is 20.9. The van der Waals surface area contributed by atoms with Crippen molar-refractivity contribution < 1.29 is 23.8 Å². The minimum atomic E-state index is -0.571. The molecule has 8 nitrogen and oxygen atoms in total. The number of carbonyl (C=O) groups excluding carboxylic acids is 2. The van der Waals surface area contributed by atoms with Gasteiger partial charge in [0, 0.05) is 25.7 Å². The molecular formula is C22H31N3O5. The summed E-state index contributed by atoms with van der Waals surface area (Å²) in [6.07, 6.45) is 6.52. The summed E-state index contributed by atoms with van der Waals surface area (Å²) in [5.74, 6) is 0.334. The lowest BCUT2D eigenvalue weighted by Crippen LogP contribution is -2.48. The zero-order valence-electron chi connectivity index (χ0n) is 17.4. The molecule has 2 N–H and O–H groups in total. The van der Waals surface area contributed by atoms with E-state index in [0.29, 0.717) is 25.5 Å². The van der Waals surface area contributed by atoms with Gasteiger partial charge in [-0.3, -0.25) is 14.5 Å². The summed E-state index contributed by atoms with van der Waals surface area (Å²) in [7, 11) is 0. The molecule has 1 aromatic carbocycles. The first kappa shape index (κ1) is 20.9. The molecule has 0 spiro atoms. The number of ether oxygens (including phenoxy) is 3. The summed E-state index contributed by atoms with van der Waals surface area (Å²) in [5, 5.41) is 5.76. The molecule has 3 aliphatic rings. The number of hydrogen-bond donors (Lipinski definition) is 2. The predicted molar refractivity (Wildman–Crippen MR) is 110 cm³/mol. The Morgan fingerprint density at radius 2 is 1.73 bits per heavy atom. The fraction of sp³-hybridized carbons (Fsp3) is 0.636. The third kappa shape index (κ3) is 5.23. The van der Waals surface area contributed by atoms with Crippen LogP contribution in [0, 0.1) is 0 Å². The standard InChI is InChI=1S/C22H31N3O5/c26-21(22(27)24-17-5-3-1-2-4-6-17)23-14-18(25-9-11-28-12-10-25)16-7-8-19-20(13-16)30-15-29-19/h7-8,13,17-18H,1-6,9-12,14-15H2,(H,23,26)(H,24,27)/t18-/m0/s1. The summed E-state index contributed by atoms with van der Waals surface area (Å²) in [6.45, 7) is 3.40. The maximum atomic E-state index is 12.5. The van der Waals surface area contributed by atoms with Crippen molar-refractivity contribution in [2.24, 2.45) is 0 Å². The number of nitrogens with zero attached hydrogens (tertiary/aromatic N) is 1. The molecule has 0 radical (unpaired) electrons. The Morgan fingerprint density at radius 3 is 2.50 bits per heavy atom. The SMILES string of the molecule is O=C(NC[C@@H](c1ccc2c(c1)OCO2)N1CCOCC1)C(=O)NC1CCCCCC1. The van der Waals surface area contributed by atoms with Crippen LogP contribution in [0.2, 0.25) is 0 Å². The molecule has 1 saturated carbocycles. The second-order valence-electron chi connectivity index (χ2n) is 8.15. The number of carbonyl (C=O) groups is 2. The van der Waals surface area contributed by atoms with E-state index in [9.17, 15) is 9.59 Å². The summed E-state index contributed by atoms with van der Waals surface area (Å²) >= 11 is 0. The number of morpholine rings is 1. The van der Waals surface area contributed by atoms with Gasteiger partial charge in [-0.05, 0) is 30.5 Å². The van der Waals surface area contributed by atoms with Crippen molar-refractivity contribution in [3.8, 4) is 11.5 Å². The van der Waals surface area contributed by atoms with E-state index in [1.54, 1.807) is 0 Å². The molecule has 8 heteroatoms. The van der Waals surface area contributed by atoms with Crippen LogP contribution in [0.5, 0.6) is 11.5 Å². The summed E-state index contributed by atoms with van der Waals surface area (Å²) in [6, 6.07) is 5.88. The zero-order valence-corrected chi connectivity index (χ0v) is 17.4. The quantitative estimate of drug-likeness (QED) is 0.561. The van der Waals surface area contributed by atoms with Crippen molar-refractivity contribution >= 4 is 11.8 Å². The first-order chi connectivity index (χ1) is 14.7. The van der Waals surface area contributed by atoms with Gasteiger partial charge in [0.25, 0.3) is 0 Å². The number of fused-ring (bicyclic) bond motifs is 1. The molecule has 0 aromatic heterocycles. The van der Waals surface area contributed by atoms with E-state index >= 15 is 0 Å². The van der Waals surface area contributed by atoms with Crippen LogP contribution in [0.4, 0.5) is 0 Å². The predicted octanol–water partition coefficient (Wildman–Crippen LogP) is 1.74. The zero-order chi connectivity index (χ0) is 20.8. The van der Waals surface area contributed by atoms with Crippen molar-refractivity contribution in [3.63, 3.8) is 0 Å². The largest absolute Gasteiger partial charge is 0.454 e. The van der Waals surface area contributed by atoms with Gasteiger partial charge in [0.1, 0.15) is 0 Å². The van der Waals surface area contributed by atoms with Crippen molar-refractivity contribution in [2.75, 3.05) is 39.6 Å². The molecule has 164 valence electrons. The molecule has 2 aliphatic heterocycles. The maximum absolute atomic E-state index is 12.5. The molecule has 2 fully saturated rings. The van der Waals surface area contributed by atoms with Crippen LogP contribution in [-0.2, 0) is 14.3 Å². The van der Waals surface area contributed by atoms with Gasteiger partial charge in [-0.2, -0.15) is 0 Å². The Morgan fingerprint density at radius 1 is 1.00 bits per heavy atom. The van der Waals surface area contributed by atoms with E-state index < -0.39 is 11.8 Å². The average Bonchev–Trinajstić information content (AvgIpc) is 3.09. The van der Waals surface area contributed by atoms with Gasteiger partial charge in [0.15, 0.2) is 11.5 Å². The van der Waals surface area contributed by atoms with Crippen LogP contribution >= 0.6 is 0 Å². The molecule has 1 atom stereocenters. The number of benzene rings is 1. The van der Waals surface area contributed by atoms with Crippen molar-refractivity contribution in [1.82, 2.24) is 15.5 Å². The summed E-state index contributed by atoms with van der Waals surface area (Å²) < 4.78 is 16.4. The monoisotopic (exact) mass is 417 g/mol. The van der Waals surface area contributed by atoms with E-state index in [4.69, 9.17) is 14.2 Å². The van der Waals surface area contributed by atoms with E-state index in [1.165, 1.54) is 12.8 Å². The Balaban J connectivity index is 1.38. The van der Waals surface area contributed by atoms with E-state index in [-0.39, 0.29) is 18.9 Å². The smallest absolute Gasteiger partial charge is 0.309 e. The average molecular weight is 418 g/mol. The number of nitrogens with one attached hydrogen (secondary N) is 2. The minimum Gasteiger partial charge on any atom is -0.454 e. The van der Waals surface area contributed by atoms with Crippen LogP contribution in [0.25, 0.3) is 0 Å². The Labute approximate surface area is 177 Å². The molecule has 2 amide bonds. The Kier molecular flexibility index (Phi) is 7.07. The lowest BCUT2D eigenvalue weighted by Gasteiger charge is -2.35. The molecule has 0 bridgehead atoms. The molecule has 1 aromatic rings. The molecule has 30 heavy (non-hydrogen) atoms. The maximum Gasteiger partial charge on any atom is 0.309 e. The number of hydrogen-bond acceptors (Lipinski definition) is 6. The van der Waals surface area contributed by atoms with Gasteiger partial charge < -0.3 is 24.8 Å². The molecule has 2 heterocycles. The highest BCUT2D eigenvalue weighted by molar-refractivity contribution is 6.35. The molecule has 1 aliphatic carbocycles. The van der Waals surface area contributed by atoms with Crippen LogP contribution in [0.15, 0.2) is 18.2 Å². The van der Waals surface area contributed by atoms with Gasteiger partial charge in [0.05, 0.1) is 19.3 Å². The first-order valence-corrected chi connectivity index (χ1v) is 11.0. The van der Waals surface area contributed by atoms with E-state index in [2.05, 4.69) is 15.5 Å². The third-order valence-corrected chi connectivity index (χ3v) is 6.12. The van der Waals surface area contributed by atoms with Crippen LogP contribution in [0.1, 0.15) is 50.1 Å². The van der Waals surface area contributed by atoms with Crippen LogP contribution in [0.3, 0.4) is 0 Å². The third-order valence-electron chi connectivity index (χ3n) is 6.12. The second-order valence-corrected chi connectivity index (χ2v) is 8.15. The van der Waals surface area contributed by atoms with Crippen molar-refractivity contribution in [2.45, 2.75) is 50.6 Å². The molecular weight excluding hydrogens is 386 g/mol. The summed E-state index contributed by atoms with van der Waals surface area (Å²) in [5.41, 5.74) is 1.02. The highest BCUT2D eigenvalue weighted by Gasteiger charge is 2.27. The number of rotatable bonds is 5. The lowest BCUT2D eigenvalue weighted by atomic mass is 10.0. The molecule has 0 unspecified atom stereocenters. The van der Waals surface area contributed by atoms with Gasteiger partial charge in [0.2, 0.25) is 6.79 Å². The Bertz CT molecular complexity index is 742. The van der Waals surface area contributed by atoms with Crippen molar-refractivity contribution in [1.29, 1.82) is 0 Å². The Hall–Kier alpha value is -2.32. The highest BCUT2D eigenvalue weighted by Crippen LogP contribution is 2.35. The molecule has 1 saturated heterocycles. The fourth-order valence-corrected chi connectivity index (χ4v) is 4.41. The van der Waals surface area contributed by atoms with Gasteiger partial charge in [-0.25, -0.2) is 0 Å². The minimum absolute atomic E-state index is 0.0713. The highest BCUT2D eigenvalue weighted by atomic mass is 16.7. The van der Waals surface area contributed by atoms with E-state index in [0.717, 1.165) is 50.1 Å². The van der Waals surface area contributed by atoms with Gasteiger partial charge in [-0.1, -0.05) is 31.7 Å².